The first-order valence-electron chi connectivity index (χ1n) is 9.91. The van der Waals surface area contributed by atoms with Crippen molar-refractivity contribution in [1.29, 1.82) is 0 Å². The average Bonchev–Trinajstić information content (AvgIpc) is 3.22. The van der Waals surface area contributed by atoms with Gasteiger partial charge in [0.15, 0.2) is 0 Å². The summed E-state index contributed by atoms with van der Waals surface area (Å²) in [4.78, 5) is 18.5. The van der Waals surface area contributed by atoms with Gasteiger partial charge in [-0.25, -0.2) is 9.18 Å². The number of rotatable bonds is 7. The van der Waals surface area contributed by atoms with Crippen LogP contribution >= 0.6 is 0 Å². The van der Waals surface area contributed by atoms with Gasteiger partial charge in [0.1, 0.15) is 11.6 Å². The predicted octanol–water partition coefficient (Wildman–Crippen LogP) is 3.29. The molecular formula is C21H29FN4O2. The van der Waals surface area contributed by atoms with Gasteiger partial charge in [-0.15, -0.1) is 0 Å². The molecule has 0 aliphatic carbocycles. The number of nitrogens with one attached hydrogen (secondary N) is 1. The summed E-state index contributed by atoms with van der Waals surface area (Å²) in [6.07, 6.45) is 1.68. The zero-order valence-corrected chi connectivity index (χ0v) is 16.7. The predicted molar refractivity (Wildman–Crippen MR) is 108 cm³/mol. The number of anilines is 1. The molecule has 1 aliphatic rings. The van der Waals surface area contributed by atoms with Crippen LogP contribution in [0, 0.1) is 5.82 Å². The summed E-state index contributed by atoms with van der Waals surface area (Å²) in [6.45, 7) is 9.56. The van der Waals surface area contributed by atoms with Gasteiger partial charge in [-0.05, 0) is 43.7 Å². The van der Waals surface area contributed by atoms with E-state index in [1.807, 2.05) is 36.9 Å². The van der Waals surface area contributed by atoms with Gasteiger partial charge >= 0.3 is 6.03 Å². The van der Waals surface area contributed by atoms with Gasteiger partial charge < -0.3 is 19.5 Å². The van der Waals surface area contributed by atoms with Crippen LogP contribution in [0.2, 0.25) is 0 Å². The second kappa shape index (κ2) is 9.59. The van der Waals surface area contributed by atoms with Gasteiger partial charge in [0, 0.05) is 45.8 Å². The minimum Gasteiger partial charge on any atom is -0.468 e. The van der Waals surface area contributed by atoms with E-state index in [0.717, 1.165) is 44.0 Å². The maximum absolute atomic E-state index is 14.4. The van der Waals surface area contributed by atoms with Crippen LogP contribution in [0.3, 0.4) is 0 Å². The van der Waals surface area contributed by atoms with Crippen LogP contribution in [0.15, 0.2) is 41.0 Å². The van der Waals surface area contributed by atoms with Gasteiger partial charge in [-0.2, -0.15) is 0 Å². The van der Waals surface area contributed by atoms with Crippen molar-refractivity contribution in [3.8, 4) is 0 Å². The van der Waals surface area contributed by atoms with Crippen molar-refractivity contribution in [2.75, 3.05) is 44.2 Å². The maximum Gasteiger partial charge on any atom is 0.317 e. The minimum atomic E-state index is -0.248. The molecule has 1 N–H and O–H groups in total. The molecule has 6 nitrogen and oxygen atoms in total. The maximum atomic E-state index is 14.4. The van der Waals surface area contributed by atoms with Crippen LogP contribution in [-0.2, 0) is 13.1 Å². The van der Waals surface area contributed by atoms with E-state index in [-0.39, 0.29) is 11.8 Å². The molecule has 0 unspecified atom stereocenters. The Bertz CT molecular complexity index is 754. The second-order valence-corrected chi connectivity index (χ2v) is 6.96. The van der Waals surface area contributed by atoms with Crippen LogP contribution in [0.25, 0.3) is 0 Å². The SMILES string of the molecule is CCN(CC)c1ccc(CNC(=O)N2CCN(Cc3ccco3)CC2)cc1F. The number of hydrogen-bond acceptors (Lipinski definition) is 4. The topological polar surface area (TPSA) is 52.0 Å². The van der Waals surface area contributed by atoms with Crippen molar-refractivity contribution in [2.24, 2.45) is 0 Å². The highest BCUT2D eigenvalue weighted by Gasteiger charge is 2.21. The quantitative estimate of drug-likeness (QED) is 0.791. The van der Waals surface area contributed by atoms with Crippen molar-refractivity contribution >= 4 is 11.7 Å². The third-order valence-corrected chi connectivity index (χ3v) is 5.18. The highest BCUT2D eigenvalue weighted by Crippen LogP contribution is 2.20. The smallest absolute Gasteiger partial charge is 0.317 e. The minimum absolute atomic E-state index is 0.106. The van der Waals surface area contributed by atoms with E-state index in [4.69, 9.17) is 4.42 Å². The number of halogens is 1. The summed E-state index contributed by atoms with van der Waals surface area (Å²) < 4.78 is 19.8. The van der Waals surface area contributed by atoms with Crippen molar-refractivity contribution in [2.45, 2.75) is 26.9 Å². The Kier molecular flexibility index (Phi) is 6.92. The standard InChI is InChI=1S/C21H29FN4O2/c1-3-25(4-2)20-8-7-17(14-19(20)22)15-23-21(27)26-11-9-24(10-12-26)16-18-6-5-13-28-18/h5-8,13-14H,3-4,9-12,15-16H2,1-2H3,(H,23,27). The third kappa shape index (κ3) is 5.04. The first-order chi connectivity index (χ1) is 13.6. The van der Waals surface area contributed by atoms with E-state index in [0.29, 0.717) is 25.3 Å². The third-order valence-electron chi connectivity index (χ3n) is 5.18. The fraction of sp³-hybridized carbons (Fsp3) is 0.476. The molecule has 28 heavy (non-hydrogen) atoms. The molecule has 2 amide bonds. The molecule has 0 spiro atoms. The van der Waals surface area contributed by atoms with Gasteiger partial charge in [-0.1, -0.05) is 6.07 Å². The average molecular weight is 388 g/mol. The largest absolute Gasteiger partial charge is 0.468 e. The van der Waals surface area contributed by atoms with E-state index in [9.17, 15) is 9.18 Å². The number of urea groups is 1. The van der Waals surface area contributed by atoms with Gasteiger partial charge in [0.25, 0.3) is 0 Å². The molecule has 2 aromatic rings. The number of nitrogens with zero attached hydrogens (tertiary/aromatic N) is 3. The second-order valence-electron chi connectivity index (χ2n) is 6.96. The Balaban J connectivity index is 1.46. The number of carbonyl (C=O) groups is 1. The zero-order chi connectivity index (χ0) is 19.9. The molecule has 2 heterocycles. The Labute approximate surface area is 165 Å². The summed E-state index contributed by atoms with van der Waals surface area (Å²) in [5, 5.41) is 2.90. The monoisotopic (exact) mass is 388 g/mol. The van der Waals surface area contributed by atoms with Crippen LogP contribution in [0.1, 0.15) is 25.2 Å². The highest BCUT2D eigenvalue weighted by atomic mass is 19.1. The van der Waals surface area contributed by atoms with E-state index in [1.54, 1.807) is 17.2 Å². The molecule has 7 heteroatoms. The first-order valence-corrected chi connectivity index (χ1v) is 9.91. The summed E-state index contributed by atoms with van der Waals surface area (Å²) >= 11 is 0. The van der Waals surface area contributed by atoms with Crippen LogP contribution < -0.4 is 10.2 Å². The van der Waals surface area contributed by atoms with Crippen LogP contribution in [0.4, 0.5) is 14.9 Å². The Hall–Kier alpha value is -2.54. The molecular weight excluding hydrogens is 359 g/mol. The lowest BCUT2D eigenvalue weighted by Gasteiger charge is -2.34. The number of benzene rings is 1. The van der Waals surface area contributed by atoms with E-state index >= 15 is 0 Å². The molecule has 1 saturated heterocycles. The van der Waals surface area contributed by atoms with E-state index in [2.05, 4.69) is 10.2 Å². The van der Waals surface area contributed by atoms with E-state index < -0.39 is 0 Å². The highest BCUT2D eigenvalue weighted by molar-refractivity contribution is 5.74. The van der Waals surface area contributed by atoms with Crippen LogP contribution in [-0.4, -0.2) is 55.1 Å². The lowest BCUT2D eigenvalue weighted by atomic mass is 10.1. The molecule has 1 aromatic heterocycles. The first kappa shape index (κ1) is 20.2. The number of hydrogen-bond donors (Lipinski definition) is 1. The van der Waals surface area contributed by atoms with Gasteiger partial charge in [0.05, 0.1) is 18.5 Å². The van der Waals surface area contributed by atoms with Crippen molar-refractivity contribution < 1.29 is 13.6 Å². The zero-order valence-electron chi connectivity index (χ0n) is 16.7. The fourth-order valence-corrected chi connectivity index (χ4v) is 3.50. The molecule has 152 valence electrons. The van der Waals surface area contributed by atoms with E-state index in [1.165, 1.54) is 6.07 Å². The molecule has 0 atom stereocenters. The summed E-state index contributed by atoms with van der Waals surface area (Å²) in [6, 6.07) is 8.91. The fourth-order valence-electron chi connectivity index (χ4n) is 3.50. The number of carbonyl (C=O) groups excluding carboxylic acids is 1. The lowest BCUT2D eigenvalue weighted by molar-refractivity contribution is 0.130. The van der Waals surface area contributed by atoms with Gasteiger partial charge in [0.2, 0.25) is 0 Å². The lowest BCUT2D eigenvalue weighted by Crippen LogP contribution is -2.51. The number of amides is 2. The Morgan fingerprint density at radius 3 is 2.54 bits per heavy atom. The molecule has 1 aromatic carbocycles. The number of piperazine rings is 1. The molecule has 1 aliphatic heterocycles. The molecule has 3 rings (SSSR count). The Morgan fingerprint density at radius 1 is 1.18 bits per heavy atom. The molecule has 0 saturated carbocycles. The summed E-state index contributed by atoms with van der Waals surface area (Å²) in [7, 11) is 0. The van der Waals surface area contributed by atoms with Crippen LogP contribution in [0.5, 0.6) is 0 Å². The van der Waals surface area contributed by atoms with Crippen molar-refractivity contribution in [3.05, 3.63) is 53.7 Å². The van der Waals surface area contributed by atoms with Gasteiger partial charge in [-0.3, -0.25) is 4.90 Å². The number of furan rings is 1. The molecule has 0 bridgehead atoms. The summed E-state index contributed by atoms with van der Waals surface area (Å²) in [5.74, 6) is 0.690. The molecule has 0 radical (unpaired) electrons. The molecule has 1 fully saturated rings. The Morgan fingerprint density at radius 2 is 1.93 bits per heavy atom. The summed E-state index contributed by atoms with van der Waals surface area (Å²) in [5.41, 5.74) is 1.37. The van der Waals surface area contributed by atoms with Crippen molar-refractivity contribution in [1.82, 2.24) is 15.1 Å². The normalized spacial score (nSPS) is 14.9. The van der Waals surface area contributed by atoms with Crippen molar-refractivity contribution in [3.63, 3.8) is 0 Å².